The highest BCUT2D eigenvalue weighted by atomic mass is 19.1. The zero-order chi connectivity index (χ0) is 22.9. The van der Waals surface area contributed by atoms with Crippen molar-refractivity contribution < 1.29 is 8.78 Å². The van der Waals surface area contributed by atoms with Gasteiger partial charge in [-0.15, -0.1) is 0 Å². The van der Waals surface area contributed by atoms with E-state index >= 15 is 4.39 Å². The molecule has 170 valence electrons. The summed E-state index contributed by atoms with van der Waals surface area (Å²) in [5, 5.41) is 9.07. The Kier molecular flexibility index (Phi) is 6.53. The Morgan fingerprint density at radius 1 is 1.09 bits per heavy atom. The van der Waals surface area contributed by atoms with Crippen molar-refractivity contribution in [3.63, 3.8) is 0 Å². The fraction of sp³-hybridized carbons (Fsp3) is 0.519. The van der Waals surface area contributed by atoms with Gasteiger partial charge in [-0.3, -0.25) is 4.90 Å². The molecule has 1 atom stereocenters. The monoisotopic (exact) mass is 437 g/mol. The molecule has 0 amide bonds. The van der Waals surface area contributed by atoms with Crippen molar-refractivity contribution in [2.24, 2.45) is 11.3 Å². The van der Waals surface area contributed by atoms with Crippen molar-refractivity contribution in [1.29, 1.82) is 5.26 Å². The van der Waals surface area contributed by atoms with E-state index in [9.17, 15) is 4.39 Å². The van der Waals surface area contributed by atoms with Gasteiger partial charge in [0, 0.05) is 37.3 Å². The third-order valence-corrected chi connectivity index (χ3v) is 7.14. The molecule has 0 N–H and O–H groups in total. The Balaban J connectivity index is 1.65. The van der Waals surface area contributed by atoms with Crippen LogP contribution in [0.1, 0.15) is 57.6 Å². The van der Waals surface area contributed by atoms with Gasteiger partial charge in [0.15, 0.2) is 0 Å². The van der Waals surface area contributed by atoms with Crippen LogP contribution in [0.2, 0.25) is 0 Å². The summed E-state index contributed by atoms with van der Waals surface area (Å²) in [6, 6.07) is 9.81. The highest BCUT2D eigenvalue weighted by Crippen LogP contribution is 2.41. The molecule has 2 heterocycles. The Labute approximate surface area is 190 Å². The Morgan fingerprint density at radius 3 is 2.50 bits per heavy atom. The Hall–Kier alpha value is -2.45. The normalized spacial score (nSPS) is 21.1. The highest BCUT2D eigenvalue weighted by molar-refractivity contribution is 5.82. The molecule has 5 heteroatoms. The van der Waals surface area contributed by atoms with Crippen molar-refractivity contribution in [2.45, 2.75) is 53.0 Å². The van der Waals surface area contributed by atoms with E-state index in [1.165, 1.54) is 31.0 Å². The molecule has 4 rings (SSSR count). The molecule has 0 aliphatic carbocycles. The molecule has 2 saturated heterocycles. The van der Waals surface area contributed by atoms with E-state index in [1.54, 1.807) is 12.1 Å². The maximum atomic E-state index is 15.2. The summed E-state index contributed by atoms with van der Waals surface area (Å²) in [5.41, 5.74) is 3.43. The molecule has 2 aliphatic rings. The molecule has 2 aliphatic heterocycles. The van der Waals surface area contributed by atoms with Crippen molar-refractivity contribution in [1.82, 2.24) is 4.90 Å². The molecule has 0 spiro atoms. The standard InChI is InChI=1S/C27H33F2N3/c1-19(2)9-10-27(3)11-14-31(18-27)17-23-24(28)8-7-22(26(23)32-12-4-13-32)20-5-6-21(16-30)25(29)15-20/h5-8,15,19H,4,9-14,17-18H2,1-3H3. The number of halogens is 2. The summed E-state index contributed by atoms with van der Waals surface area (Å²) in [6.45, 7) is 11.2. The van der Waals surface area contributed by atoms with E-state index in [0.29, 0.717) is 23.6 Å². The van der Waals surface area contributed by atoms with E-state index in [0.717, 1.165) is 50.3 Å². The minimum atomic E-state index is -0.536. The molecule has 0 bridgehead atoms. The first kappa shape index (κ1) is 22.7. The molecule has 2 aromatic rings. The van der Waals surface area contributed by atoms with Crippen LogP contribution in [0.5, 0.6) is 0 Å². The second kappa shape index (κ2) is 9.19. The SMILES string of the molecule is CC(C)CCC1(C)CCN(Cc2c(F)ccc(-c3ccc(C#N)c(F)c3)c2N2CCC2)C1. The van der Waals surface area contributed by atoms with Gasteiger partial charge in [-0.05, 0) is 67.0 Å². The molecule has 1 unspecified atom stereocenters. The van der Waals surface area contributed by atoms with Gasteiger partial charge < -0.3 is 4.90 Å². The van der Waals surface area contributed by atoms with Crippen LogP contribution >= 0.6 is 0 Å². The fourth-order valence-corrected chi connectivity index (χ4v) is 5.00. The quantitative estimate of drug-likeness (QED) is 0.505. The lowest BCUT2D eigenvalue weighted by atomic mass is 9.83. The van der Waals surface area contributed by atoms with Crippen LogP contribution in [0, 0.1) is 34.3 Å². The lowest BCUT2D eigenvalue weighted by Crippen LogP contribution is -2.39. The first-order valence-corrected chi connectivity index (χ1v) is 11.8. The van der Waals surface area contributed by atoms with Gasteiger partial charge in [0.2, 0.25) is 0 Å². The maximum Gasteiger partial charge on any atom is 0.141 e. The Morgan fingerprint density at radius 2 is 1.88 bits per heavy atom. The van der Waals surface area contributed by atoms with Crippen LogP contribution in [0.4, 0.5) is 14.5 Å². The molecule has 3 nitrogen and oxygen atoms in total. The summed E-state index contributed by atoms with van der Waals surface area (Å²) in [4.78, 5) is 4.59. The van der Waals surface area contributed by atoms with Crippen molar-refractivity contribution in [3.8, 4) is 17.2 Å². The molecule has 0 radical (unpaired) electrons. The first-order chi connectivity index (χ1) is 15.3. The second-order valence-corrected chi connectivity index (χ2v) is 10.3. The van der Waals surface area contributed by atoms with Crippen molar-refractivity contribution >= 4 is 5.69 Å². The topological polar surface area (TPSA) is 30.3 Å². The van der Waals surface area contributed by atoms with E-state index < -0.39 is 5.82 Å². The molecule has 32 heavy (non-hydrogen) atoms. The van der Waals surface area contributed by atoms with Crippen LogP contribution < -0.4 is 4.90 Å². The number of benzene rings is 2. The van der Waals surface area contributed by atoms with Gasteiger partial charge in [0.25, 0.3) is 0 Å². The van der Waals surface area contributed by atoms with E-state index in [1.807, 2.05) is 6.07 Å². The minimum absolute atomic E-state index is 0.0272. The summed E-state index contributed by atoms with van der Waals surface area (Å²) in [7, 11) is 0. The van der Waals surface area contributed by atoms with Crippen LogP contribution in [0.15, 0.2) is 30.3 Å². The van der Waals surface area contributed by atoms with Gasteiger partial charge in [0.1, 0.15) is 17.7 Å². The molecular formula is C27H33F2N3. The number of hydrogen-bond acceptors (Lipinski definition) is 3. The summed E-state index contributed by atoms with van der Waals surface area (Å²) in [6.07, 6.45) is 4.64. The van der Waals surface area contributed by atoms with Crippen LogP contribution in [-0.4, -0.2) is 31.1 Å². The second-order valence-electron chi connectivity index (χ2n) is 10.3. The van der Waals surface area contributed by atoms with Gasteiger partial charge in [-0.2, -0.15) is 5.26 Å². The van der Waals surface area contributed by atoms with Crippen LogP contribution in [0.25, 0.3) is 11.1 Å². The number of nitrogens with zero attached hydrogens (tertiary/aromatic N) is 3. The summed E-state index contributed by atoms with van der Waals surface area (Å²) >= 11 is 0. The van der Waals surface area contributed by atoms with Crippen molar-refractivity contribution in [2.75, 3.05) is 31.1 Å². The lowest BCUT2D eigenvalue weighted by Gasteiger charge is -2.37. The highest BCUT2D eigenvalue weighted by Gasteiger charge is 2.35. The molecule has 2 aromatic carbocycles. The number of rotatable bonds is 7. The van der Waals surface area contributed by atoms with Crippen LogP contribution in [-0.2, 0) is 6.54 Å². The van der Waals surface area contributed by atoms with E-state index in [2.05, 4.69) is 30.6 Å². The Bertz CT molecular complexity index is 1020. The van der Waals surface area contributed by atoms with E-state index in [4.69, 9.17) is 5.26 Å². The number of likely N-dealkylation sites (tertiary alicyclic amines) is 1. The van der Waals surface area contributed by atoms with Crippen LogP contribution in [0.3, 0.4) is 0 Å². The largest absolute Gasteiger partial charge is 0.371 e. The predicted octanol–water partition coefficient (Wildman–Crippen LogP) is 6.36. The van der Waals surface area contributed by atoms with Gasteiger partial charge in [-0.25, -0.2) is 8.78 Å². The summed E-state index contributed by atoms with van der Waals surface area (Å²) < 4.78 is 29.6. The average Bonchev–Trinajstić information content (AvgIpc) is 3.09. The maximum absolute atomic E-state index is 15.2. The van der Waals surface area contributed by atoms with Gasteiger partial charge in [-0.1, -0.05) is 33.3 Å². The average molecular weight is 438 g/mol. The number of anilines is 1. The van der Waals surface area contributed by atoms with E-state index in [-0.39, 0.29) is 16.8 Å². The zero-order valence-electron chi connectivity index (χ0n) is 19.4. The minimum Gasteiger partial charge on any atom is -0.371 e. The third-order valence-electron chi connectivity index (χ3n) is 7.14. The molecular weight excluding hydrogens is 404 g/mol. The molecule has 2 fully saturated rings. The predicted molar refractivity (Wildman–Crippen MR) is 125 cm³/mol. The first-order valence-electron chi connectivity index (χ1n) is 11.8. The smallest absolute Gasteiger partial charge is 0.141 e. The third kappa shape index (κ3) is 4.66. The van der Waals surface area contributed by atoms with Crippen molar-refractivity contribution in [3.05, 3.63) is 53.1 Å². The number of hydrogen-bond donors (Lipinski definition) is 0. The lowest BCUT2D eigenvalue weighted by molar-refractivity contribution is 0.242. The number of nitriles is 1. The molecule has 0 aromatic heterocycles. The van der Waals surface area contributed by atoms with Gasteiger partial charge >= 0.3 is 0 Å². The fourth-order valence-electron chi connectivity index (χ4n) is 5.00. The molecule has 0 saturated carbocycles. The zero-order valence-corrected chi connectivity index (χ0v) is 19.4. The van der Waals surface area contributed by atoms with Gasteiger partial charge in [0.05, 0.1) is 11.3 Å². The summed E-state index contributed by atoms with van der Waals surface area (Å²) in [5.74, 6) is -0.0349.